The SMILES string of the molecule is O=C(CN1CCCCC1c1nc(-c2cccc(F)c2)no1)Nc1cccc(F)c1. The van der Waals surface area contributed by atoms with E-state index in [0.29, 0.717) is 29.5 Å². The van der Waals surface area contributed by atoms with Gasteiger partial charge in [-0.3, -0.25) is 9.69 Å². The largest absolute Gasteiger partial charge is 0.337 e. The Morgan fingerprint density at radius 2 is 1.93 bits per heavy atom. The van der Waals surface area contributed by atoms with Crippen LogP contribution in [0.3, 0.4) is 0 Å². The molecule has 1 unspecified atom stereocenters. The first-order valence-corrected chi connectivity index (χ1v) is 9.47. The van der Waals surface area contributed by atoms with E-state index in [1.807, 2.05) is 4.90 Å². The van der Waals surface area contributed by atoms with Crippen LogP contribution in [-0.4, -0.2) is 34.0 Å². The first kappa shape index (κ1) is 19.2. The molecular weight excluding hydrogens is 378 g/mol. The van der Waals surface area contributed by atoms with Crippen molar-refractivity contribution in [1.82, 2.24) is 15.0 Å². The highest BCUT2D eigenvalue weighted by Crippen LogP contribution is 2.31. The van der Waals surface area contributed by atoms with Crippen molar-refractivity contribution in [2.24, 2.45) is 0 Å². The van der Waals surface area contributed by atoms with Gasteiger partial charge in [-0.1, -0.05) is 29.8 Å². The standard InChI is InChI=1S/C21H20F2N4O2/c22-15-6-3-5-14(11-15)20-25-21(29-26-20)18-9-1-2-10-27(18)13-19(28)24-17-8-4-7-16(23)12-17/h3-8,11-12,18H,1-2,9-10,13H2,(H,24,28). The number of hydrogen-bond acceptors (Lipinski definition) is 5. The zero-order chi connectivity index (χ0) is 20.2. The molecule has 1 saturated heterocycles. The summed E-state index contributed by atoms with van der Waals surface area (Å²) < 4.78 is 32.2. The molecule has 29 heavy (non-hydrogen) atoms. The number of halogens is 2. The third-order valence-corrected chi connectivity index (χ3v) is 4.88. The van der Waals surface area contributed by atoms with Crippen molar-refractivity contribution in [3.05, 3.63) is 66.1 Å². The van der Waals surface area contributed by atoms with E-state index in [1.54, 1.807) is 24.3 Å². The molecule has 0 radical (unpaired) electrons. The fourth-order valence-electron chi connectivity index (χ4n) is 3.53. The van der Waals surface area contributed by atoms with Crippen molar-refractivity contribution < 1.29 is 18.1 Å². The highest BCUT2D eigenvalue weighted by atomic mass is 19.1. The van der Waals surface area contributed by atoms with Crippen LogP contribution in [0.25, 0.3) is 11.4 Å². The van der Waals surface area contributed by atoms with Crippen molar-refractivity contribution in [2.45, 2.75) is 25.3 Å². The zero-order valence-corrected chi connectivity index (χ0v) is 15.6. The van der Waals surface area contributed by atoms with Gasteiger partial charge in [-0.25, -0.2) is 8.78 Å². The lowest BCUT2D eigenvalue weighted by Gasteiger charge is -2.32. The van der Waals surface area contributed by atoms with Crippen LogP contribution in [0.4, 0.5) is 14.5 Å². The third-order valence-electron chi connectivity index (χ3n) is 4.88. The lowest BCUT2D eigenvalue weighted by molar-refractivity contribution is -0.118. The summed E-state index contributed by atoms with van der Waals surface area (Å²) in [5.41, 5.74) is 0.945. The Morgan fingerprint density at radius 1 is 1.14 bits per heavy atom. The predicted molar refractivity (Wildman–Crippen MR) is 103 cm³/mol. The fraction of sp³-hybridized carbons (Fsp3) is 0.286. The zero-order valence-electron chi connectivity index (χ0n) is 15.6. The van der Waals surface area contributed by atoms with Gasteiger partial charge in [-0.15, -0.1) is 0 Å². The van der Waals surface area contributed by atoms with Gasteiger partial charge in [0, 0.05) is 11.3 Å². The molecule has 1 amide bonds. The fourth-order valence-corrected chi connectivity index (χ4v) is 3.53. The highest BCUT2D eigenvalue weighted by molar-refractivity contribution is 5.92. The summed E-state index contributed by atoms with van der Waals surface area (Å²) in [4.78, 5) is 18.9. The quantitative estimate of drug-likeness (QED) is 0.698. The molecule has 1 aromatic heterocycles. The van der Waals surface area contributed by atoms with Gasteiger partial charge in [0.15, 0.2) is 0 Å². The summed E-state index contributed by atoms with van der Waals surface area (Å²) >= 11 is 0. The van der Waals surface area contributed by atoms with Gasteiger partial charge in [-0.2, -0.15) is 4.98 Å². The van der Waals surface area contributed by atoms with E-state index >= 15 is 0 Å². The Morgan fingerprint density at radius 3 is 2.72 bits per heavy atom. The van der Waals surface area contributed by atoms with E-state index in [9.17, 15) is 13.6 Å². The number of hydrogen-bond donors (Lipinski definition) is 1. The maximum absolute atomic E-state index is 13.5. The Bertz CT molecular complexity index is 1010. The number of rotatable bonds is 5. The molecule has 0 saturated carbocycles. The third kappa shape index (κ3) is 4.65. The molecule has 150 valence electrons. The van der Waals surface area contributed by atoms with Gasteiger partial charge >= 0.3 is 0 Å². The predicted octanol–water partition coefficient (Wildman–Crippen LogP) is 4.18. The molecule has 4 rings (SSSR count). The van der Waals surface area contributed by atoms with E-state index in [2.05, 4.69) is 15.5 Å². The molecule has 1 N–H and O–H groups in total. The lowest BCUT2D eigenvalue weighted by Crippen LogP contribution is -2.39. The Hall–Kier alpha value is -3.13. The molecule has 0 aliphatic carbocycles. The monoisotopic (exact) mass is 398 g/mol. The Labute approximate surface area is 166 Å². The van der Waals surface area contributed by atoms with Gasteiger partial charge in [-0.05, 0) is 49.7 Å². The van der Waals surface area contributed by atoms with E-state index < -0.39 is 5.82 Å². The number of benzene rings is 2. The summed E-state index contributed by atoms with van der Waals surface area (Å²) in [5.74, 6) is -0.305. The van der Waals surface area contributed by atoms with Gasteiger partial charge in [0.2, 0.25) is 17.6 Å². The van der Waals surface area contributed by atoms with Crippen molar-refractivity contribution >= 4 is 11.6 Å². The molecule has 1 atom stereocenters. The van der Waals surface area contributed by atoms with Crippen LogP contribution < -0.4 is 5.32 Å². The number of carbonyl (C=O) groups excluding carboxylic acids is 1. The number of anilines is 1. The van der Waals surface area contributed by atoms with Gasteiger partial charge in [0.25, 0.3) is 0 Å². The first-order valence-electron chi connectivity index (χ1n) is 9.47. The van der Waals surface area contributed by atoms with Crippen molar-refractivity contribution in [3.8, 4) is 11.4 Å². The maximum atomic E-state index is 13.5. The molecular formula is C21H20F2N4O2. The van der Waals surface area contributed by atoms with Crippen LogP contribution in [-0.2, 0) is 4.79 Å². The topological polar surface area (TPSA) is 71.3 Å². The number of nitrogens with zero attached hydrogens (tertiary/aromatic N) is 3. The molecule has 2 aromatic carbocycles. The normalized spacial score (nSPS) is 17.2. The Balaban J connectivity index is 1.47. The van der Waals surface area contributed by atoms with Gasteiger partial charge in [0.1, 0.15) is 11.6 Å². The summed E-state index contributed by atoms with van der Waals surface area (Å²) in [7, 11) is 0. The highest BCUT2D eigenvalue weighted by Gasteiger charge is 2.30. The van der Waals surface area contributed by atoms with Crippen LogP contribution in [0.5, 0.6) is 0 Å². The molecule has 3 aromatic rings. The maximum Gasteiger partial charge on any atom is 0.244 e. The molecule has 6 nitrogen and oxygen atoms in total. The van der Waals surface area contributed by atoms with Crippen molar-refractivity contribution in [2.75, 3.05) is 18.4 Å². The van der Waals surface area contributed by atoms with Gasteiger partial charge < -0.3 is 9.84 Å². The molecule has 0 spiro atoms. The van der Waals surface area contributed by atoms with Crippen LogP contribution in [0, 0.1) is 11.6 Å². The molecule has 1 aliphatic heterocycles. The number of piperidine rings is 1. The van der Waals surface area contributed by atoms with Crippen molar-refractivity contribution in [1.29, 1.82) is 0 Å². The molecule has 2 heterocycles. The van der Waals surface area contributed by atoms with Crippen LogP contribution in [0.15, 0.2) is 53.1 Å². The minimum atomic E-state index is -0.408. The summed E-state index contributed by atoms with van der Waals surface area (Å²) in [5, 5.41) is 6.68. The lowest BCUT2D eigenvalue weighted by atomic mass is 10.0. The number of amides is 1. The second kappa shape index (κ2) is 8.48. The number of carbonyl (C=O) groups is 1. The minimum Gasteiger partial charge on any atom is -0.337 e. The van der Waals surface area contributed by atoms with E-state index in [-0.39, 0.29) is 24.3 Å². The van der Waals surface area contributed by atoms with E-state index in [4.69, 9.17) is 4.52 Å². The number of nitrogens with one attached hydrogen (secondary N) is 1. The average molecular weight is 398 g/mol. The minimum absolute atomic E-state index is 0.124. The molecule has 8 heteroatoms. The van der Waals surface area contributed by atoms with Crippen molar-refractivity contribution in [3.63, 3.8) is 0 Å². The van der Waals surface area contributed by atoms with Crippen LogP contribution >= 0.6 is 0 Å². The number of aromatic nitrogens is 2. The van der Waals surface area contributed by atoms with E-state index in [0.717, 1.165) is 19.3 Å². The molecule has 1 aliphatic rings. The second-order valence-corrected chi connectivity index (χ2v) is 7.01. The van der Waals surface area contributed by atoms with Gasteiger partial charge in [0.05, 0.1) is 12.6 Å². The number of likely N-dealkylation sites (tertiary alicyclic amines) is 1. The molecule has 1 fully saturated rings. The first-order chi connectivity index (χ1) is 14.1. The average Bonchev–Trinajstić information content (AvgIpc) is 3.18. The smallest absolute Gasteiger partial charge is 0.244 e. The Kier molecular flexibility index (Phi) is 5.62. The van der Waals surface area contributed by atoms with Crippen LogP contribution in [0.2, 0.25) is 0 Å². The second-order valence-electron chi connectivity index (χ2n) is 7.01. The van der Waals surface area contributed by atoms with E-state index in [1.165, 1.54) is 24.3 Å². The summed E-state index contributed by atoms with van der Waals surface area (Å²) in [6, 6.07) is 11.6. The molecule has 0 bridgehead atoms. The summed E-state index contributed by atoms with van der Waals surface area (Å²) in [6.07, 6.45) is 2.71. The summed E-state index contributed by atoms with van der Waals surface area (Å²) in [6.45, 7) is 0.831. The van der Waals surface area contributed by atoms with Crippen LogP contribution in [0.1, 0.15) is 31.2 Å².